The van der Waals surface area contributed by atoms with Crippen LogP contribution in [0.25, 0.3) is 22.0 Å². The minimum absolute atomic E-state index is 0.0143. The van der Waals surface area contributed by atoms with Crippen LogP contribution in [0.3, 0.4) is 0 Å². The lowest BCUT2D eigenvalue weighted by Crippen LogP contribution is -2.49. The largest absolute Gasteiger partial charge is 0.444 e. The molecule has 1 amide bonds. The lowest BCUT2D eigenvalue weighted by Gasteiger charge is -2.32. The number of carbonyl (C=O) groups is 1. The third kappa shape index (κ3) is 5.16. The molecule has 2 aromatic heterocycles. The zero-order valence-electron chi connectivity index (χ0n) is 22.7. The predicted molar refractivity (Wildman–Crippen MR) is 152 cm³/mol. The van der Waals surface area contributed by atoms with Crippen molar-refractivity contribution >= 4 is 27.2 Å². The third-order valence-electron chi connectivity index (χ3n) is 7.13. The summed E-state index contributed by atoms with van der Waals surface area (Å²) < 4.78 is 37.1. The molecule has 0 saturated heterocycles. The second-order valence-electron chi connectivity index (χ2n) is 10.7. The first kappa shape index (κ1) is 26.9. The normalized spacial score (nSPS) is 14.6. The van der Waals surface area contributed by atoms with Gasteiger partial charge in [-0.25, -0.2) is 4.79 Å². The Morgan fingerprint density at radius 3 is 2.33 bits per heavy atom. The second kappa shape index (κ2) is 10.5. The molecule has 39 heavy (non-hydrogen) atoms. The molecule has 5 rings (SSSR count). The number of pyridine rings is 1. The van der Waals surface area contributed by atoms with Crippen molar-refractivity contribution < 1.29 is 17.9 Å². The predicted octanol–water partition coefficient (Wildman–Crippen LogP) is 5.79. The Morgan fingerprint density at radius 1 is 1.03 bits per heavy atom. The molecule has 1 saturated carbocycles. The standard InChI is InChI=1S/C30H34N4O4S/c1-22(2)19-33-20-27(26-11-10-25(18-28(26)33)24-12-16-31-17-13-24)30(14-15-30)34(39(36,37)32(3)4)29(35)38-21-23-8-6-5-7-9-23/h5-13,16-18,20,22H,14-15,19,21H2,1-4H3. The van der Waals surface area contributed by atoms with Gasteiger partial charge >= 0.3 is 16.3 Å². The number of ether oxygens (including phenoxy) is 1. The topological polar surface area (TPSA) is 84.7 Å². The summed E-state index contributed by atoms with van der Waals surface area (Å²) in [6.07, 6.45) is 5.73. The van der Waals surface area contributed by atoms with Gasteiger partial charge in [0.2, 0.25) is 0 Å². The van der Waals surface area contributed by atoms with Crippen LogP contribution in [-0.4, -0.2) is 46.8 Å². The molecule has 1 aliphatic carbocycles. The van der Waals surface area contributed by atoms with Gasteiger partial charge in [-0.1, -0.05) is 56.3 Å². The lowest BCUT2D eigenvalue weighted by atomic mass is 10.0. The van der Waals surface area contributed by atoms with E-state index in [0.717, 1.165) is 48.3 Å². The van der Waals surface area contributed by atoms with Crippen LogP contribution in [0.5, 0.6) is 0 Å². The maximum atomic E-state index is 13.6. The van der Waals surface area contributed by atoms with Crippen molar-refractivity contribution in [1.82, 2.24) is 18.2 Å². The summed E-state index contributed by atoms with van der Waals surface area (Å²) in [6.45, 7) is 5.04. The highest BCUT2D eigenvalue weighted by molar-refractivity contribution is 7.87. The number of hydrogen-bond acceptors (Lipinski definition) is 5. The third-order valence-corrected chi connectivity index (χ3v) is 9.02. The van der Waals surface area contributed by atoms with Crippen LogP contribution in [0.4, 0.5) is 4.79 Å². The van der Waals surface area contributed by atoms with Gasteiger partial charge in [0.25, 0.3) is 0 Å². The summed E-state index contributed by atoms with van der Waals surface area (Å²) in [5.74, 6) is 0.366. The summed E-state index contributed by atoms with van der Waals surface area (Å²) in [6, 6.07) is 19.4. The Bertz CT molecular complexity index is 1580. The van der Waals surface area contributed by atoms with E-state index < -0.39 is 21.8 Å². The van der Waals surface area contributed by atoms with Gasteiger partial charge in [-0.05, 0) is 53.6 Å². The minimum atomic E-state index is -4.14. The molecule has 1 aliphatic rings. The number of hydrogen-bond donors (Lipinski definition) is 0. The Labute approximate surface area is 230 Å². The number of aromatic nitrogens is 2. The maximum absolute atomic E-state index is 13.6. The Kier molecular flexibility index (Phi) is 7.22. The summed E-state index contributed by atoms with van der Waals surface area (Å²) >= 11 is 0. The van der Waals surface area contributed by atoms with Gasteiger partial charge in [0.15, 0.2) is 0 Å². The number of nitrogens with zero attached hydrogens (tertiary/aromatic N) is 4. The minimum Gasteiger partial charge on any atom is -0.444 e. The number of amides is 1. The van der Waals surface area contributed by atoms with Gasteiger partial charge in [0, 0.05) is 55.7 Å². The van der Waals surface area contributed by atoms with E-state index in [-0.39, 0.29) is 6.61 Å². The fourth-order valence-corrected chi connectivity index (χ4v) is 6.35. The molecule has 4 aromatic rings. The monoisotopic (exact) mass is 546 g/mol. The molecule has 0 bridgehead atoms. The van der Waals surface area contributed by atoms with E-state index in [9.17, 15) is 13.2 Å². The molecule has 1 fully saturated rings. The van der Waals surface area contributed by atoms with Crippen LogP contribution in [0, 0.1) is 5.92 Å². The number of rotatable bonds is 9. The van der Waals surface area contributed by atoms with Gasteiger partial charge in [-0.2, -0.15) is 17.0 Å². The average Bonchev–Trinajstić information content (AvgIpc) is 3.63. The zero-order valence-corrected chi connectivity index (χ0v) is 23.6. The van der Waals surface area contributed by atoms with Gasteiger partial charge in [0.1, 0.15) is 6.61 Å². The Morgan fingerprint density at radius 2 is 1.72 bits per heavy atom. The molecule has 0 N–H and O–H groups in total. The van der Waals surface area contributed by atoms with E-state index in [0.29, 0.717) is 18.8 Å². The van der Waals surface area contributed by atoms with Crippen LogP contribution in [-0.2, 0) is 33.6 Å². The van der Waals surface area contributed by atoms with Crippen molar-refractivity contribution in [2.24, 2.45) is 5.92 Å². The van der Waals surface area contributed by atoms with Crippen molar-refractivity contribution in [3.63, 3.8) is 0 Å². The molecule has 0 radical (unpaired) electrons. The van der Waals surface area contributed by atoms with Crippen LogP contribution in [0.1, 0.15) is 37.8 Å². The molecule has 0 unspecified atom stereocenters. The molecule has 0 atom stereocenters. The molecule has 8 nitrogen and oxygen atoms in total. The maximum Gasteiger partial charge on any atom is 0.425 e. The van der Waals surface area contributed by atoms with Crippen LogP contribution in [0.2, 0.25) is 0 Å². The van der Waals surface area contributed by atoms with Gasteiger partial charge in [-0.3, -0.25) is 4.98 Å². The summed E-state index contributed by atoms with van der Waals surface area (Å²) in [5.41, 5.74) is 3.68. The zero-order chi connectivity index (χ0) is 27.8. The summed E-state index contributed by atoms with van der Waals surface area (Å²) in [7, 11) is -1.27. The van der Waals surface area contributed by atoms with Crippen molar-refractivity contribution in [3.8, 4) is 11.1 Å². The fourth-order valence-electron chi connectivity index (χ4n) is 5.06. The first-order chi connectivity index (χ1) is 18.6. The lowest BCUT2D eigenvalue weighted by molar-refractivity contribution is 0.104. The molecule has 0 spiro atoms. The van der Waals surface area contributed by atoms with Crippen molar-refractivity contribution in [3.05, 3.63) is 90.4 Å². The summed E-state index contributed by atoms with van der Waals surface area (Å²) in [5, 5.41) is 0.931. The molecular formula is C30H34N4O4S. The molecular weight excluding hydrogens is 512 g/mol. The molecule has 2 aromatic carbocycles. The highest BCUT2D eigenvalue weighted by Crippen LogP contribution is 2.55. The number of carbonyl (C=O) groups excluding carboxylic acids is 1. The smallest absolute Gasteiger partial charge is 0.425 e. The molecule has 9 heteroatoms. The molecule has 2 heterocycles. The van der Waals surface area contributed by atoms with Crippen LogP contribution < -0.4 is 0 Å². The average molecular weight is 547 g/mol. The first-order valence-corrected chi connectivity index (χ1v) is 14.5. The van der Waals surface area contributed by atoms with E-state index in [1.54, 1.807) is 12.4 Å². The van der Waals surface area contributed by atoms with Crippen LogP contribution in [0.15, 0.2) is 79.3 Å². The SMILES string of the molecule is CC(C)Cn1cc(C2(N(C(=O)OCc3ccccc3)S(=O)(=O)N(C)C)CC2)c2ccc(-c3ccncc3)cc21. The molecule has 204 valence electrons. The van der Waals surface area contributed by atoms with Crippen molar-refractivity contribution in [2.75, 3.05) is 14.1 Å². The highest BCUT2D eigenvalue weighted by atomic mass is 32.2. The first-order valence-electron chi connectivity index (χ1n) is 13.1. The van der Waals surface area contributed by atoms with Crippen LogP contribution >= 0.6 is 0 Å². The quantitative estimate of drug-likeness (QED) is 0.265. The summed E-state index contributed by atoms with van der Waals surface area (Å²) in [4.78, 5) is 17.7. The molecule has 0 aliphatic heterocycles. The van der Waals surface area contributed by atoms with E-state index in [2.05, 4.69) is 29.5 Å². The van der Waals surface area contributed by atoms with Crippen molar-refractivity contribution in [2.45, 2.75) is 45.4 Å². The fraction of sp³-hybridized carbons (Fsp3) is 0.333. The highest BCUT2D eigenvalue weighted by Gasteiger charge is 2.59. The Balaban J connectivity index is 1.60. The number of fused-ring (bicyclic) bond motifs is 1. The van der Waals surface area contributed by atoms with E-state index >= 15 is 0 Å². The van der Waals surface area contributed by atoms with E-state index in [1.165, 1.54) is 14.1 Å². The van der Waals surface area contributed by atoms with Gasteiger partial charge in [0.05, 0.1) is 5.54 Å². The van der Waals surface area contributed by atoms with Crippen molar-refractivity contribution in [1.29, 1.82) is 0 Å². The Hall–Kier alpha value is -3.69. The van der Waals surface area contributed by atoms with E-state index in [4.69, 9.17) is 4.74 Å². The van der Waals surface area contributed by atoms with E-state index in [1.807, 2.05) is 60.8 Å². The van der Waals surface area contributed by atoms with Gasteiger partial charge < -0.3 is 9.30 Å². The van der Waals surface area contributed by atoms with Gasteiger partial charge in [-0.15, -0.1) is 0 Å². The number of benzene rings is 2. The second-order valence-corrected chi connectivity index (χ2v) is 12.7.